The zero-order chi connectivity index (χ0) is 12.3. The van der Waals surface area contributed by atoms with Crippen LogP contribution in [-0.4, -0.2) is 21.0 Å². The van der Waals surface area contributed by atoms with Crippen molar-refractivity contribution in [1.82, 2.24) is 9.97 Å². The number of aromatic nitrogens is 2. The van der Waals surface area contributed by atoms with E-state index in [0.29, 0.717) is 6.42 Å². The van der Waals surface area contributed by atoms with E-state index in [2.05, 4.69) is 9.97 Å². The van der Waals surface area contributed by atoms with Crippen LogP contribution in [0.1, 0.15) is 42.1 Å². The maximum Gasteiger partial charge on any atom is 0.339 e. The zero-order valence-corrected chi connectivity index (χ0v) is 8.94. The summed E-state index contributed by atoms with van der Waals surface area (Å²) in [5, 5.41) is 8.67. The van der Waals surface area contributed by atoms with Crippen molar-refractivity contribution in [2.45, 2.75) is 26.7 Å². The molecule has 0 aliphatic rings. The molecule has 4 nitrogen and oxygen atoms in total. The van der Waals surface area contributed by atoms with Crippen LogP contribution in [0, 0.1) is 5.92 Å². The third-order valence-corrected chi connectivity index (χ3v) is 1.90. The van der Waals surface area contributed by atoms with Gasteiger partial charge in [-0.15, -0.1) is 0 Å². The van der Waals surface area contributed by atoms with Crippen molar-refractivity contribution in [3.63, 3.8) is 0 Å². The average Bonchev–Trinajstić information content (AvgIpc) is 2.16. The number of hydrogen-bond donors (Lipinski definition) is 1. The third-order valence-electron chi connectivity index (χ3n) is 1.90. The van der Waals surface area contributed by atoms with E-state index in [1.807, 2.05) is 13.8 Å². The van der Waals surface area contributed by atoms with Crippen molar-refractivity contribution < 1.29 is 18.7 Å². The predicted octanol–water partition coefficient (Wildman–Crippen LogP) is 2.31. The van der Waals surface area contributed by atoms with Crippen LogP contribution in [0.4, 0.5) is 8.78 Å². The second-order valence-electron chi connectivity index (χ2n) is 3.79. The van der Waals surface area contributed by atoms with Crippen molar-refractivity contribution in [2.24, 2.45) is 5.92 Å². The zero-order valence-electron chi connectivity index (χ0n) is 8.94. The lowest BCUT2D eigenvalue weighted by molar-refractivity contribution is 0.0681. The summed E-state index contributed by atoms with van der Waals surface area (Å²) in [5.41, 5.74) is -1.25. The molecule has 1 heterocycles. The fraction of sp³-hybridized carbons (Fsp3) is 0.500. The van der Waals surface area contributed by atoms with Crippen LogP contribution in [0.25, 0.3) is 0 Å². The smallest absolute Gasteiger partial charge is 0.339 e. The minimum absolute atomic E-state index is 0.223. The van der Waals surface area contributed by atoms with Gasteiger partial charge in [-0.3, -0.25) is 0 Å². The topological polar surface area (TPSA) is 63.1 Å². The van der Waals surface area contributed by atoms with Gasteiger partial charge in [0.05, 0.1) is 0 Å². The van der Waals surface area contributed by atoms with Gasteiger partial charge in [0.1, 0.15) is 17.1 Å². The van der Waals surface area contributed by atoms with Gasteiger partial charge in [-0.2, -0.15) is 0 Å². The standard InChI is InChI=1S/C10H12F2N2O2/c1-5(2)3-7-13-4-6(10(15)16)8(14-7)9(11)12/h4-5,9H,3H2,1-2H3,(H,15,16). The summed E-state index contributed by atoms with van der Waals surface area (Å²) < 4.78 is 25.1. The van der Waals surface area contributed by atoms with Crippen molar-refractivity contribution in [1.29, 1.82) is 0 Å². The molecule has 1 N–H and O–H groups in total. The monoisotopic (exact) mass is 230 g/mol. The Kier molecular flexibility index (Phi) is 3.87. The Morgan fingerprint density at radius 2 is 2.12 bits per heavy atom. The Labute approximate surface area is 91.3 Å². The summed E-state index contributed by atoms with van der Waals surface area (Å²) in [4.78, 5) is 18.0. The Balaban J connectivity index is 3.12. The van der Waals surface area contributed by atoms with Gasteiger partial charge in [-0.05, 0) is 5.92 Å². The first-order valence-corrected chi connectivity index (χ1v) is 4.79. The molecule has 0 aromatic carbocycles. The number of hydrogen-bond acceptors (Lipinski definition) is 3. The van der Waals surface area contributed by atoms with E-state index in [9.17, 15) is 13.6 Å². The first-order valence-electron chi connectivity index (χ1n) is 4.79. The van der Waals surface area contributed by atoms with E-state index in [1.165, 1.54) is 0 Å². The maximum absolute atomic E-state index is 12.6. The quantitative estimate of drug-likeness (QED) is 0.862. The highest BCUT2D eigenvalue weighted by Gasteiger charge is 2.21. The summed E-state index contributed by atoms with van der Waals surface area (Å²) in [7, 11) is 0. The molecule has 0 bridgehead atoms. The summed E-state index contributed by atoms with van der Waals surface area (Å²) in [6.45, 7) is 3.80. The Morgan fingerprint density at radius 3 is 2.56 bits per heavy atom. The molecule has 0 aliphatic heterocycles. The molecule has 1 aromatic rings. The molecule has 0 atom stereocenters. The first-order chi connectivity index (χ1) is 7.41. The van der Waals surface area contributed by atoms with E-state index in [0.717, 1.165) is 6.20 Å². The summed E-state index contributed by atoms with van der Waals surface area (Å²) in [6, 6.07) is 0. The highest BCUT2D eigenvalue weighted by atomic mass is 19.3. The molecule has 0 fully saturated rings. The number of alkyl halides is 2. The number of nitrogens with zero attached hydrogens (tertiary/aromatic N) is 2. The van der Waals surface area contributed by atoms with E-state index < -0.39 is 23.7 Å². The minimum Gasteiger partial charge on any atom is -0.478 e. The predicted molar refractivity (Wildman–Crippen MR) is 52.5 cm³/mol. The van der Waals surface area contributed by atoms with Crippen LogP contribution in [0.2, 0.25) is 0 Å². The first kappa shape index (κ1) is 12.5. The van der Waals surface area contributed by atoms with Gasteiger partial charge in [-0.25, -0.2) is 23.5 Å². The molecule has 16 heavy (non-hydrogen) atoms. The fourth-order valence-corrected chi connectivity index (χ4v) is 1.23. The van der Waals surface area contributed by atoms with Crippen LogP contribution in [0.15, 0.2) is 6.20 Å². The fourth-order valence-electron chi connectivity index (χ4n) is 1.23. The van der Waals surface area contributed by atoms with Gasteiger partial charge >= 0.3 is 5.97 Å². The molecule has 88 valence electrons. The lowest BCUT2D eigenvalue weighted by Gasteiger charge is -2.07. The number of carboxylic acid groups (broad SMARTS) is 1. The van der Waals surface area contributed by atoms with Crippen LogP contribution in [0.3, 0.4) is 0 Å². The van der Waals surface area contributed by atoms with Gasteiger partial charge < -0.3 is 5.11 Å². The summed E-state index contributed by atoms with van der Waals surface area (Å²) >= 11 is 0. The van der Waals surface area contributed by atoms with Crippen LogP contribution >= 0.6 is 0 Å². The third kappa shape index (κ3) is 2.95. The molecule has 1 aromatic heterocycles. The Bertz CT molecular complexity index is 394. The van der Waals surface area contributed by atoms with Gasteiger partial charge in [0.2, 0.25) is 0 Å². The lowest BCUT2D eigenvalue weighted by atomic mass is 10.1. The molecule has 0 unspecified atom stereocenters. The van der Waals surface area contributed by atoms with Crippen molar-refractivity contribution in [3.8, 4) is 0 Å². The lowest BCUT2D eigenvalue weighted by Crippen LogP contribution is -2.10. The molecular weight excluding hydrogens is 218 g/mol. The van der Waals surface area contributed by atoms with Crippen molar-refractivity contribution in [3.05, 3.63) is 23.3 Å². The number of rotatable bonds is 4. The highest BCUT2D eigenvalue weighted by molar-refractivity contribution is 5.88. The molecule has 6 heteroatoms. The maximum atomic E-state index is 12.6. The highest BCUT2D eigenvalue weighted by Crippen LogP contribution is 2.20. The molecule has 1 rings (SSSR count). The number of halogens is 2. The molecule has 0 radical (unpaired) electrons. The molecular formula is C10H12F2N2O2. The second-order valence-corrected chi connectivity index (χ2v) is 3.79. The minimum atomic E-state index is -2.90. The second kappa shape index (κ2) is 4.96. The molecule has 0 saturated heterocycles. The van der Waals surface area contributed by atoms with E-state index in [4.69, 9.17) is 5.11 Å². The van der Waals surface area contributed by atoms with Gasteiger partial charge in [0, 0.05) is 12.6 Å². The van der Waals surface area contributed by atoms with Crippen molar-refractivity contribution >= 4 is 5.97 Å². The molecule has 0 amide bonds. The SMILES string of the molecule is CC(C)Cc1ncc(C(=O)O)c(C(F)F)n1. The largest absolute Gasteiger partial charge is 0.478 e. The Hall–Kier alpha value is -1.59. The van der Waals surface area contributed by atoms with E-state index in [1.54, 1.807) is 0 Å². The number of carbonyl (C=O) groups is 1. The van der Waals surface area contributed by atoms with Crippen LogP contribution in [0.5, 0.6) is 0 Å². The van der Waals surface area contributed by atoms with Crippen LogP contribution in [-0.2, 0) is 6.42 Å². The molecule has 0 aliphatic carbocycles. The molecule has 0 saturated carbocycles. The Morgan fingerprint density at radius 1 is 1.50 bits per heavy atom. The van der Waals surface area contributed by atoms with Crippen LogP contribution < -0.4 is 0 Å². The summed E-state index contributed by atoms with van der Waals surface area (Å²) in [5.74, 6) is -0.970. The van der Waals surface area contributed by atoms with E-state index in [-0.39, 0.29) is 11.7 Å². The number of carboxylic acids is 1. The van der Waals surface area contributed by atoms with E-state index >= 15 is 0 Å². The van der Waals surface area contributed by atoms with Gasteiger partial charge in [-0.1, -0.05) is 13.8 Å². The average molecular weight is 230 g/mol. The van der Waals surface area contributed by atoms with Crippen molar-refractivity contribution in [2.75, 3.05) is 0 Å². The van der Waals surface area contributed by atoms with Gasteiger partial charge in [0.15, 0.2) is 0 Å². The van der Waals surface area contributed by atoms with Gasteiger partial charge in [0.25, 0.3) is 6.43 Å². The number of aromatic carboxylic acids is 1. The normalized spacial score (nSPS) is 11.1. The molecule has 0 spiro atoms. The summed E-state index contributed by atoms with van der Waals surface area (Å²) in [6.07, 6.45) is -1.52.